The summed E-state index contributed by atoms with van der Waals surface area (Å²) in [7, 11) is 0. The molecule has 1 saturated heterocycles. The van der Waals surface area contributed by atoms with Crippen molar-refractivity contribution in [3.63, 3.8) is 0 Å². The Labute approximate surface area is 172 Å². The van der Waals surface area contributed by atoms with Crippen LogP contribution in [0.3, 0.4) is 0 Å². The molecule has 0 amide bonds. The van der Waals surface area contributed by atoms with Crippen LogP contribution in [0.25, 0.3) is 11.1 Å². The first-order chi connectivity index (χ1) is 14.2. The van der Waals surface area contributed by atoms with Gasteiger partial charge in [0.2, 0.25) is 5.79 Å². The van der Waals surface area contributed by atoms with E-state index in [2.05, 4.69) is 44.8 Å². The molecule has 152 valence electrons. The third-order valence-corrected chi connectivity index (χ3v) is 5.32. The maximum absolute atomic E-state index is 6.63. The number of allylic oxidation sites excluding steroid dienone is 1. The van der Waals surface area contributed by atoms with E-state index < -0.39 is 5.79 Å². The molecule has 6 heteroatoms. The fourth-order valence-corrected chi connectivity index (χ4v) is 3.68. The predicted octanol–water partition coefficient (Wildman–Crippen LogP) is 2.25. The van der Waals surface area contributed by atoms with Gasteiger partial charge < -0.3 is 15.4 Å². The fraction of sp³-hybridized carbons (Fsp3) is 0.348. The van der Waals surface area contributed by atoms with Crippen molar-refractivity contribution in [3.8, 4) is 11.1 Å². The van der Waals surface area contributed by atoms with E-state index in [0.29, 0.717) is 0 Å². The van der Waals surface area contributed by atoms with Gasteiger partial charge in [0.25, 0.3) is 0 Å². The van der Waals surface area contributed by atoms with E-state index in [1.54, 1.807) is 6.21 Å². The zero-order valence-corrected chi connectivity index (χ0v) is 16.7. The zero-order chi connectivity index (χ0) is 19.9. The van der Waals surface area contributed by atoms with Gasteiger partial charge in [0.1, 0.15) is 5.82 Å². The van der Waals surface area contributed by atoms with Crippen LogP contribution in [-0.2, 0) is 10.5 Å². The largest absolute Gasteiger partial charge is 0.379 e. The maximum Gasteiger partial charge on any atom is 0.210 e. The Morgan fingerprint density at radius 3 is 2.69 bits per heavy atom. The Kier molecular flexibility index (Phi) is 6.24. The first kappa shape index (κ1) is 19.6. The number of rotatable bonds is 7. The summed E-state index contributed by atoms with van der Waals surface area (Å²) in [5.74, 6) is -0.0823. The molecule has 0 bridgehead atoms. The summed E-state index contributed by atoms with van der Waals surface area (Å²) in [6.07, 6.45) is 4.77. The van der Waals surface area contributed by atoms with Crippen LogP contribution in [-0.4, -0.2) is 50.5 Å². The summed E-state index contributed by atoms with van der Waals surface area (Å²) in [6, 6.07) is 18.5. The van der Waals surface area contributed by atoms with Gasteiger partial charge in [-0.15, -0.1) is 0 Å². The van der Waals surface area contributed by atoms with Gasteiger partial charge in [0.15, 0.2) is 0 Å². The molecule has 1 atom stereocenters. The monoisotopic (exact) mass is 391 g/mol. The third-order valence-electron chi connectivity index (χ3n) is 5.32. The molecule has 4 rings (SSSR count). The molecule has 2 aliphatic heterocycles. The van der Waals surface area contributed by atoms with E-state index in [0.717, 1.165) is 68.3 Å². The average molecular weight is 392 g/mol. The minimum absolute atomic E-state index is 0.842. The first-order valence-electron chi connectivity index (χ1n) is 10.3. The smallest absolute Gasteiger partial charge is 0.210 e. The van der Waals surface area contributed by atoms with Crippen molar-refractivity contribution in [1.29, 1.82) is 0 Å². The highest BCUT2D eigenvalue weighted by atomic mass is 16.5. The Morgan fingerprint density at radius 2 is 1.86 bits per heavy atom. The van der Waals surface area contributed by atoms with Crippen molar-refractivity contribution in [2.24, 2.45) is 10.7 Å². The van der Waals surface area contributed by atoms with Crippen molar-refractivity contribution in [3.05, 3.63) is 72.1 Å². The number of aliphatic imine (C=N–C) groups is 1. The first-order valence-corrected chi connectivity index (χ1v) is 10.3. The molecular formula is C23H29N5O. The summed E-state index contributed by atoms with van der Waals surface area (Å²) >= 11 is 0. The number of nitrogens with one attached hydrogen (secondary N) is 2. The molecule has 29 heavy (non-hydrogen) atoms. The molecular weight excluding hydrogens is 362 g/mol. The molecule has 2 aromatic rings. The lowest BCUT2D eigenvalue weighted by Gasteiger charge is -2.32. The van der Waals surface area contributed by atoms with Crippen molar-refractivity contribution in [2.45, 2.75) is 12.2 Å². The predicted molar refractivity (Wildman–Crippen MR) is 117 cm³/mol. The molecule has 1 fully saturated rings. The lowest BCUT2D eigenvalue weighted by Crippen LogP contribution is -2.52. The molecule has 0 spiro atoms. The Hall–Kier alpha value is -2.67. The lowest BCUT2D eigenvalue weighted by molar-refractivity contribution is 0.0375. The summed E-state index contributed by atoms with van der Waals surface area (Å²) < 4.78 is 5.40. The second-order valence-corrected chi connectivity index (χ2v) is 7.43. The number of benzene rings is 2. The molecule has 4 N–H and O–H groups in total. The number of ether oxygens (including phenoxy) is 1. The van der Waals surface area contributed by atoms with E-state index in [-0.39, 0.29) is 0 Å². The number of nitrogens with zero attached hydrogens (tertiary/aromatic N) is 2. The molecule has 6 nitrogen and oxygen atoms in total. The van der Waals surface area contributed by atoms with E-state index in [4.69, 9.17) is 10.5 Å². The van der Waals surface area contributed by atoms with Crippen LogP contribution in [0.4, 0.5) is 0 Å². The van der Waals surface area contributed by atoms with E-state index in [1.165, 1.54) is 0 Å². The maximum atomic E-state index is 6.63. The molecule has 2 aromatic carbocycles. The van der Waals surface area contributed by atoms with Crippen molar-refractivity contribution < 1.29 is 4.74 Å². The Morgan fingerprint density at radius 1 is 1.07 bits per heavy atom. The molecule has 0 radical (unpaired) electrons. The highest BCUT2D eigenvalue weighted by Crippen LogP contribution is 2.26. The number of hydrogen-bond acceptors (Lipinski definition) is 6. The average Bonchev–Trinajstić information content (AvgIpc) is 2.78. The van der Waals surface area contributed by atoms with Gasteiger partial charge in [-0.3, -0.25) is 10.6 Å². The molecule has 1 unspecified atom stereocenters. The van der Waals surface area contributed by atoms with Gasteiger partial charge >= 0.3 is 0 Å². The van der Waals surface area contributed by atoms with Crippen LogP contribution in [0.1, 0.15) is 12.0 Å². The highest BCUT2D eigenvalue weighted by molar-refractivity contribution is 5.74. The SMILES string of the molecule is NC1(c2cccc(-c3ccccc3)c2)N=CC=C(NCCCN2CCOCC2)N1. The van der Waals surface area contributed by atoms with Crippen LogP contribution >= 0.6 is 0 Å². The molecule has 0 aliphatic carbocycles. The van der Waals surface area contributed by atoms with Crippen molar-refractivity contribution in [2.75, 3.05) is 39.4 Å². The Bertz CT molecular complexity index is 861. The summed E-state index contributed by atoms with van der Waals surface area (Å²) in [6.45, 7) is 5.69. The number of morpholine rings is 1. The van der Waals surface area contributed by atoms with Crippen LogP contribution in [0.5, 0.6) is 0 Å². The number of hydrogen-bond donors (Lipinski definition) is 3. The standard InChI is InChI=1S/C23H29N5O/c24-23(21-9-4-8-20(18-21)19-6-2-1-3-7-19)26-12-10-22(27-23)25-11-5-13-28-14-16-29-17-15-28/h1-4,6-10,12,18,25,27H,5,11,13-17,24H2. The van der Waals surface area contributed by atoms with Gasteiger partial charge in [-0.1, -0.05) is 48.5 Å². The minimum Gasteiger partial charge on any atom is -0.379 e. The summed E-state index contributed by atoms with van der Waals surface area (Å²) in [5.41, 5.74) is 9.84. The lowest BCUT2D eigenvalue weighted by atomic mass is 10.00. The van der Waals surface area contributed by atoms with Crippen LogP contribution in [0.15, 0.2) is 71.5 Å². The second kappa shape index (κ2) is 9.22. The summed E-state index contributed by atoms with van der Waals surface area (Å²) in [4.78, 5) is 6.96. The zero-order valence-electron chi connectivity index (χ0n) is 16.7. The second-order valence-electron chi connectivity index (χ2n) is 7.43. The van der Waals surface area contributed by atoms with Gasteiger partial charge in [0.05, 0.1) is 13.2 Å². The normalized spacial score (nSPS) is 22.0. The molecule has 0 aromatic heterocycles. The van der Waals surface area contributed by atoms with E-state index in [9.17, 15) is 0 Å². The Balaban J connectivity index is 1.35. The van der Waals surface area contributed by atoms with Crippen LogP contribution < -0.4 is 16.4 Å². The van der Waals surface area contributed by atoms with Gasteiger partial charge in [-0.05, 0) is 36.2 Å². The van der Waals surface area contributed by atoms with Gasteiger partial charge in [0, 0.05) is 31.4 Å². The third kappa shape index (κ3) is 5.03. The molecule has 2 heterocycles. The van der Waals surface area contributed by atoms with Crippen LogP contribution in [0.2, 0.25) is 0 Å². The fourth-order valence-electron chi connectivity index (χ4n) is 3.68. The molecule has 2 aliphatic rings. The van der Waals surface area contributed by atoms with Gasteiger partial charge in [-0.25, -0.2) is 4.99 Å². The van der Waals surface area contributed by atoms with Crippen molar-refractivity contribution in [1.82, 2.24) is 15.5 Å². The number of nitrogens with two attached hydrogens (primary N) is 1. The van der Waals surface area contributed by atoms with E-state index in [1.807, 2.05) is 36.4 Å². The van der Waals surface area contributed by atoms with Crippen molar-refractivity contribution >= 4 is 6.21 Å². The minimum atomic E-state index is -0.980. The van der Waals surface area contributed by atoms with Gasteiger partial charge in [-0.2, -0.15) is 0 Å². The highest BCUT2D eigenvalue weighted by Gasteiger charge is 2.28. The van der Waals surface area contributed by atoms with Crippen LogP contribution in [0, 0.1) is 0 Å². The quantitative estimate of drug-likeness (QED) is 0.632. The summed E-state index contributed by atoms with van der Waals surface area (Å²) in [5, 5.41) is 6.81. The topological polar surface area (TPSA) is 74.9 Å². The van der Waals surface area contributed by atoms with E-state index >= 15 is 0 Å². The molecule has 0 saturated carbocycles.